The number of hydrogen-bond acceptors (Lipinski definition) is 11. The molecule has 1 aromatic rings. The Morgan fingerprint density at radius 2 is 1.83 bits per heavy atom. The zero-order valence-corrected chi connectivity index (χ0v) is 17.3. The number of ether oxygens (including phenoxy) is 1. The Kier molecular flexibility index (Phi) is 7.46. The van der Waals surface area contributed by atoms with E-state index in [9.17, 15) is 28.5 Å². The van der Waals surface area contributed by atoms with E-state index in [0.29, 0.717) is 0 Å². The van der Waals surface area contributed by atoms with Crippen molar-refractivity contribution >= 4 is 40.9 Å². The fraction of sp³-hybridized carbons (Fsp3) is 0.556. The number of aromatic nitrogens is 2. The van der Waals surface area contributed by atoms with Crippen LogP contribution in [0.25, 0.3) is 0 Å². The van der Waals surface area contributed by atoms with E-state index in [0.717, 1.165) is 4.57 Å². The van der Waals surface area contributed by atoms with Crippen LogP contribution in [-0.4, -0.2) is 58.4 Å². The number of nitrogens with two attached hydrogens (primary N) is 1. The first kappa shape index (κ1) is 24.6. The normalized spacial score (nSPS) is 29.3. The van der Waals surface area contributed by atoms with Crippen LogP contribution in [0, 0.1) is 0 Å². The van der Waals surface area contributed by atoms with Crippen molar-refractivity contribution in [2.45, 2.75) is 23.8 Å². The molecule has 2 rings (SSSR count). The number of halogens is 1. The van der Waals surface area contributed by atoms with E-state index in [1.165, 1.54) is 12.3 Å². The lowest BCUT2D eigenvalue weighted by Gasteiger charge is -2.19. The second-order valence-electron chi connectivity index (χ2n) is 5.43. The molecule has 1 aromatic heterocycles. The molecule has 16 nitrogen and oxygen atoms in total. The van der Waals surface area contributed by atoms with Gasteiger partial charge in [-0.15, -0.1) is 11.6 Å². The molecule has 29 heavy (non-hydrogen) atoms. The molecule has 7 N–H and O–H groups in total. The first-order valence-electron chi connectivity index (χ1n) is 7.21. The van der Waals surface area contributed by atoms with E-state index < -0.39 is 59.6 Å². The molecule has 0 amide bonds. The van der Waals surface area contributed by atoms with E-state index in [4.69, 9.17) is 36.8 Å². The van der Waals surface area contributed by atoms with Crippen LogP contribution in [0.15, 0.2) is 17.1 Å². The molecule has 0 radical (unpaired) electrons. The van der Waals surface area contributed by atoms with Gasteiger partial charge in [0.2, 0.25) is 0 Å². The van der Waals surface area contributed by atoms with Crippen molar-refractivity contribution in [1.29, 1.82) is 0 Å². The summed E-state index contributed by atoms with van der Waals surface area (Å²) >= 11 is 6.00. The van der Waals surface area contributed by atoms with Gasteiger partial charge in [0.15, 0.2) is 6.23 Å². The lowest BCUT2D eigenvalue weighted by molar-refractivity contribution is -0.0448. The summed E-state index contributed by atoms with van der Waals surface area (Å²) < 4.78 is 51.2. The van der Waals surface area contributed by atoms with Crippen LogP contribution in [0.5, 0.6) is 0 Å². The minimum absolute atomic E-state index is 0.0832. The molecule has 2 unspecified atom stereocenters. The number of aliphatic hydroxyl groups is 1. The highest BCUT2D eigenvalue weighted by atomic mass is 35.5. The van der Waals surface area contributed by atoms with Crippen LogP contribution >= 0.6 is 35.1 Å². The SMILES string of the molecule is Nc1ccn([C@@H]2O[C@H](COP(=O)(O)OP(=O)(O)OP(=O)(O)O)[C@@H](O)[C@H]2Cl)c(=O)n1. The molecule has 0 aromatic carbocycles. The molecule has 0 aliphatic carbocycles. The third-order valence-corrected chi connectivity index (χ3v) is 7.51. The number of rotatable bonds is 8. The van der Waals surface area contributed by atoms with Gasteiger partial charge in [0, 0.05) is 6.20 Å². The van der Waals surface area contributed by atoms with Crippen LogP contribution in [0.4, 0.5) is 5.82 Å². The van der Waals surface area contributed by atoms with Crippen LogP contribution in [0.2, 0.25) is 0 Å². The smallest absolute Gasteiger partial charge is 0.389 e. The van der Waals surface area contributed by atoms with Gasteiger partial charge in [-0.2, -0.15) is 13.6 Å². The van der Waals surface area contributed by atoms with Gasteiger partial charge >= 0.3 is 29.2 Å². The Balaban J connectivity index is 2.05. The molecule has 0 saturated carbocycles. The zero-order chi connectivity index (χ0) is 22.2. The minimum atomic E-state index is -5.69. The molecule has 20 heteroatoms. The van der Waals surface area contributed by atoms with Gasteiger partial charge in [-0.3, -0.25) is 9.09 Å². The van der Waals surface area contributed by atoms with E-state index in [-0.39, 0.29) is 5.82 Å². The third-order valence-electron chi connectivity index (χ3n) is 3.24. The number of hydrogen-bond donors (Lipinski definition) is 6. The maximum absolute atomic E-state index is 11.9. The standard InChI is InChI=1S/C9H15ClN3O13P3/c10-6-7(14)4(24-8(6)13-2-1-5(11)12-9(13)15)3-23-28(19,20)26-29(21,22)25-27(16,17)18/h1-2,4,6-8,14H,3H2,(H,19,20)(H,21,22)(H2,11,12,15)(H2,16,17,18)/t4-,6-,7-,8-/m1/s1. The van der Waals surface area contributed by atoms with Gasteiger partial charge in [-0.1, -0.05) is 0 Å². The first-order valence-corrected chi connectivity index (χ1v) is 12.2. The molecule has 1 aliphatic heterocycles. The van der Waals surface area contributed by atoms with Crippen molar-refractivity contribution in [1.82, 2.24) is 9.55 Å². The highest BCUT2D eigenvalue weighted by Gasteiger charge is 2.46. The zero-order valence-electron chi connectivity index (χ0n) is 13.9. The number of aliphatic hydroxyl groups excluding tert-OH is 1. The predicted octanol–water partition coefficient (Wildman–Crippen LogP) is -0.966. The van der Waals surface area contributed by atoms with Gasteiger partial charge < -0.3 is 35.2 Å². The molecular formula is C9H15ClN3O13P3. The first-order chi connectivity index (χ1) is 13.1. The van der Waals surface area contributed by atoms with Crippen molar-refractivity contribution in [3.05, 3.63) is 22.7 Å². The summed E-state index contributed by atoms with van der Waals surface area (Å²) in [4.78, 5) is 50.7. The van der Waals surface area contributed by atoms with Crippen molar-refractivity contribution in [3.8, 4) is 0 Å². The number of nitrogens with zero attached hydrogens (tertiary/aromatic N) is 2. The summed E-state index contributed by atoms with van der Waals surface area (Å²) in [6.07, 6.45) is -3.06. The van der Waals surface area contributed by atoms with E-state index >= 15 is 0 Å². The van der Waals surface area contributed by atoms with Gasteiger partial charge in [0.1, 0.15) is 23.4 Å². The van der Waals surface area contributed by atoms with Crippen molar-refractivity contribution in [3.63, 3.8) is 0 Å². The van der Waals surface area contributed by atoms with E-state index in [1.54, 1.807) is 0 Å². The quantitative estimate of drug-likeness (QED) is 0.185. The molecule has 1 fully saturated rings. The Morgan fingerprint density at radius 3 is 2.38 bits per heavy atom. The summed E-state index contributed by atoms with van der Waals surface area (Å²) in [6, 6.07) is 1.25. The second-order valence-corrected chi connectivity index (χ2v) is 10.4. The van der Waals surface area contributed by atoms with Crippen molar-refractivity contribution in [2.75, 3.05) is 12.3 Å². The van der Waals surface area contributed by atoms with Crippen molar-refractivity contribution < 1.29 is 56.3 Å². The molecule has 1 saturated heterocycles. The molecule has 2 heterocycles. The maximum atomic E-state index is 11.9. The van der Waals surface area contributed by atoms with Crippen LogP contribution in [0.1, 0.15) is 6.23 Å². The largest absolute Gasteiger partial charge is 0.490 e. The van der Waals surface area contributed by atoms with Crippen LogP contribution in [0.3, 0.4) is 0 Å². The lowest BCUT2D eigenvalue weighted by Crippen LogP contribution is -2.33. The van der Waals surface area contributed by atoms with Gasteiger partial charge in [0.05, 0.1) is 6.61 Å². The number of anilines is 1. The summed E-state index contributed by atoms with van der Waals surface area (Å²) in [6.45, 7) is -0.943. The lowest BCUT2D eigenvalue weighted by atomic mass is 10.2. The topological polar surface area (TPSA) is 250 Å². The summed E-state index contributed by atoms with van der Waals surface area (Å²) in [5.41, 5.74) is 4.50. The molecule has 1 aliphatic rings. The van der Waals surface area contributed by atoms with Crippen LogP contribution in [-0.2, 0) is 31.6 Å². The minimum Gasteiger partial charge on any atom is -0.389 e. The molecule has 6 atom stereocenters. The number of nitrogen functional groups attached to an aromatic ring is 1. The van der Waals surface area contributed by atoms with Crippen molar-refractivity contribution in [2.24, 2.45) is 0 Å². The molecule has 0 bridgehead atoms. The predicted molar refractivity (Wildman–Crippen MR) is 92.3 cm³/mol. The Labute approximate surface area is 166 Å². The highest BCUT2D eigenvalue weighted by molar-refractivity contribution is 7.66. The Hall–Kier alpha value is -0.700. The van der Waals surface area contributed by atoms with Gasteiger partial charge in [0.25, 0.3) is 0 Å². The second kappa shape index (κ2) is 8.81. The number of alkyl halides is 1. The fourth-order valence-corrected chi connectivity index (χ4v) is 5.53. The number of phosphoric ester groups is 1. The monoisotopic (exact) mass is 501 g/mol. The average molecular weight is 502 g/mol. The molecule has 0 spiro atoms. The van der Waals surface area contributed by atoms with E-state index in [1.807, 2.05) is 0 Å². The number of phosphoric acid groups is 3. The van der Waals surface area contributed by atoms with E-state index in [2.05, 4.69) is 18.1 Å². The van der Waals surface area contributed by atoms with Gasteiger partial charge in [-0.05, 0) is 6.07 Å². The highest BCUT2D eigenvalue weighted by Crippen LogP contribution is 2.66. The fourth-order valence-electron chi connectivity index (χ4n) is 2.16. The Morgan fingerprint density at radius 1 is 1.21 bits per heavy atom. The summed E-state index contributed by atoms with van der Waals surface area (Å²) in [7, 11) is -16.6. The third kappa shape index (κ3) is 6.91. The average Bonchev–Trinajstić information content (AvgIpc) is 2.78. The Bertz CT molecular complexity index is 951. The maximum Gasteiger partial charge on any atom is 0.490 e. The molecule has 166 valence electrons. The molecular weight excluding hydrogens is 486 g/mol. The van der Waals surface area contributed by atoms with Gasteiger partial charge in [-0.25, -0.2) is 18.5 Å². The summed E-state index contributed by atoms with van der Waals surface area (Å²) in [5.74, 6) is -0.0832. The summed E-state index contributed by atoms with van der Waals surface area (Å²) in [5, 5.41) is 8.83. The van der Waals surface area contributed by atoms with Crippen LogP contribution < -0.4 is 11.4 Å².